The van der Waals surface area contributed by atoms with Crippen LogP contribution < -0.4 is 0 Å². The van der Waals surface area contributed by atoms with Crippen LogP contribution in [0.5, 0.6) is 0 Å². The molecule has 2 aliphatic rings. The third kappa shape index (κ3) is 1.58. The van der Waals surface area contributed by atoms with E-state index >= 15 is 0 Å². The van der Waals surface area contributed by atoms with Gasteiger partial charge in [0.15, 0.2) is 0 Å². The lowest BCUT2D eigenvalue weighted by Gasteiger charge is -2.37. The van der Waals surface area contributed by atoms with Crippen LogP contribution in [0, 0.1) is 11.3 Å². The molecule has 0 amide bonds. The molecule has 0 aliphatic heterocycles. The first-order valence-electron chi connectivity index (χ1n) is 5.79. The van der Waals surface area contributed by atoms with Gasteiger partial charge in [0.2, 0.25) is 0 Å². The van der Waals surface area contributed by atoms with Gasteiger partial charge in [0, 0.05) is 5.41 Å². The number of hydrogen-bond acceptors (Lipinski definition) is 0. The fourth-order valence-corrected chi connectivity index (χ4v) is 2.56. The second-order valence-electron chi connectivity index (χ2n) is 4.79. The standard InChI is InChI=1S/C14H20/c1-12-8-6-7-11-14(12,2)13-9-4-3-5-10-13/h6-9,11-12H,3-5,10H2,1-2H3. The first kappa shape index (κ1) is 9.76. The number of rotatable bonds is 1. The predicted octanol–water partition coefficient (Wildman–Crippen LogP) is 4.26. The maximum Gasteiger partial charge on any atom is 0.0126 e. The Balaban J connectivity index is 2.26. The minimum Gasteiger partial charge on any atom is -0.0844 e. The van der Waals surface area contributed by atoms with E-state index in [4.69, 9.17) is 0 Å². The Labute approximate surface area is 87.4 Å². The number of allylic oxidation sites excluding steroid dienone is 6. The van der Waals surface area contributed by atoms with Crippen LogP contribution in [0.3, 0.4) is 0 Å². The molecule has 0 fully saturated rings. The fourth-order valence-electron chi connectivity index (χ4n) is 2.56. The van der Waals surface area contributed by atoms with Crippen molar-refractivity contribution in [2.75, 3.05) is 0 Å². The van der Waals surface area contributed by atoms with Crippen LogP contribution in [0.25, 0.3) is 0 Å². The zero-order valence-electron chi connectivity index (χ0n) is 9.29. The maximum absolute atomic E-state index is 2.48. The zero-order valence-corrected chi connectivity index (χ0v) is 9.29. The lowest BCUT2D eigenvalue weighted by atomic mass is 9.67. The van der Waals surface area contributed by atoms with E-state index in [9.17, 15) is 0 Å². The monoisotopic (exact) mass is 188 g/mol. The van der Waals surface area contributed by atoms with Crippen LogP contribution in [-0.2, 0) is 0 Å². The van der Waals surface area contributed by atoms with E-state index in [1.807, 2.05) is 0 Å². The molecule has 76 valence electrons. The van der Waals surface area contributed by atoms with Gasteiger partial charge in [-0.15, -0.1) is 0 Å². The summed E-state index contributed by atoms with van der Waals surface area (Å²) in [5.74, 6) is 0.650. The van der Waals surface area contributed by atoms with Crippen LogP contribution in [0.15, 0.2) is 36.0 Å². The molecule has 14 heavy (non-hydrogen) atoms. The van der Waals surface area contributed by atoms with Gasteiger partial charge in [0.1, 0.15) is 0 Å². The van der Waals surface area contributed by atoms with Crippen molar-refractivity contribution in [3.63, 3.8) is 0 Å². The topological polar surface area (TPSA) is 0 Å². The molecule has 0 saturated heterocycles. The Hall–Kier alpha value is -0.780. The van der Waals surface area contributed by atoms with Crippen molar-refractivity contribution >= 4 is 0 Å². The Morgan fingerprint density at radius 3 is 2.79 bits per heavy atom. The van der Waals surface area contributed by atoms with Crippen LogP contribution in [-0.4, -0.2) is 0 Å². The lowest BCUT2D eigenvalue weighted by Crippen LogP contribution is -2.26. The van der Waals surface area contributed by atoms with E-state index in [2.05, 4.69) is 44.2 Å². The molecule has 0 radical (unpaired) electrons. The molecule has 2 unspecified atom stereocenters. The molecule has 0 bridgehead atoms. The van der Waals surface area contributed by atoms with Gasteiger partial charge in [0.25, 0.3) is 0 Å². The van der Waals surface area contributed by atoms with E-state index in [1.54, 1.807) is 5.57 Å². The van der Waals surface area contributed by atoms with Gasteiger partial charge in [-0.1, -0.05) is 49.8 Å². The average Bonchev–Trinajstić information content (AvgIpc) is 2.24. The van der Waals surface area contributed by atoms with Gasteiger partial charge in [0.05, 0.1) is 0 Å². The highest BCUT2D eigenvalue weighted by Gasteiger charge is 2.32. The zero-order chi connectivity index (χ0) is 10.0. The minimum atomic E-state index is 0.301. The summed E-state index contributed by atoms with van der Waals surface area (Å²) in [5, 5.41) is 0. The molecule has 0 nitrogen and oxygen atoms in total. The largest absolute Gasteiger partial charge is 0.0844 e. The van der Waals surface area contributed by atoms with E-state index < -0.39 is 0 Å². The van der Waals surface area contributed by atoms with E-state index in [0.29, 0.717) is 11.3 Å². The SMILES string of the molecule is CC1C=CC=CC1(C)C1=CCCCC1. The first-order valence-corrected chi connectivity index (χ1v) is 5.79. The van der Waals surface area contributed by atoms with Crippen molar-refractivity contribution in [3.05, 3.63) is 36.0 Å². The van der Waals surface area contributed by atoms with Crippen molar-refractivity contribution in [3.8, 4) is 0 Å². The van der Waals surface area contributed by atoms with Crippen LogP contribution in [0.2, 0.25) is 0 Å². The van der Waals surface area contributed by atoms with Crippen molar-refractivity contribution in [2.24, 2.45) is 11.3 Å². The molecular weight excluding hydrogens is 168 g/mol. The predicted molar refractivity (Wildman–Crippen MR) is 62.1 cm³/mol. The Morgan fingerprint density at radius 1 is 1.29 bits per heavy atom. The van der Waals surface area contributed by atoms with Gasteiger partial charge >= 0.3 is 0 Å². The summed E-state index contributed by atoms with van der Waals surface area (Å²) in [5.41, 5.74) is 1.96. The van der Waals surface area contributed by atoms with Crippen LogP contribution >= 0.6 is 0 Å². The lowest BCUT2D eigenvalue weighted by molar-refractivity contribution is 0.369. The van der Waals surface area contributed by atoms with Crippen molar-refractivity contribution in [1.82, 2.24) is 0 Å². The molecule has 0 aromatic rings. The summed E-state index contributed by atoms with van der Waals surface area (Å²) < 4.78 is 0. The van der Waals surface area contributed by atoms with Crippen LogP contribution in [0.1, 0.15) is 39.5 Å². The molecule has 0 spiro atoms. The molecule has 0 aromatic carbocycles. The van der Waals surface area contributed by atoms with Crippen molar-refractivity contribution < 1.29 is 0 Å². The smallest absolute Gasteiger partial charge is 0.0126 e. The summed E-state index contributed by atoms with van der Waals surface area (Å²) in [6.45, 7) is 4.71. The average molecular weight is 188 g/mol. The highest BCUT2D eigenvalue weighted by molar-refractivity contribution is 5.30. The third-order valence-corrected chi connectivity index (χ3v) is 3.88. The quantitative estimate of drug-likeness (QED) is 0.539. The molecule has 2 aliphatic carbocycles. The summed E-state index contributed by atoms with van der Waals surface area (Å²) in [6.07, 6.45) is 16.9. The van der Waals surface area contributed by atoms with Crippen LogP contribution in [0.4, 0.5) is 0 Å². The van der Waals surface area contributed by atoms with Gasteiger partial charge in [-0.3, -0.25) is 0 Å². The van der Waals surface area contributed by atoms with Gasteiger partial charge in [-0.2, -0.15) is 0 Å². The fraction of sp³-hybridized carbons (Fsp3) is 0.571. The second kappa shape index (κ2) is 3.76. The Bertz CT molecular complexity index is 293. The minimum absolute atomic E-state index is 0.301. The van der Waals surface area contributed by atoms with Crippen molar-refractivity contribution in [2.45, 2.75) is 39.5 Å². The third-order valence-electron chi connectivity index (χ3n) is 3.88. The molecule has 2 atom stereocenters. The van der Waals surface area contributed by atoms with Gasteiger partial charge in [-0.25, -0.2) is 0 Å². The maximum atomic E-state index is 2.48. The van der Waals surface area contributed by atoms with E-state index in [-0.39, 0.29) is 0 Å². The number of hydrogen-bond donors (Lipinski definition) is 0. The molecule has 2 rings (SSSR count). The molecule has 0 heterocycles. The highest BCUT2D eigenvalue weighted by Crippen LogP contribution is 2.43. The Morgan fingerprint density at radius 2 is 2.14 bits per heavy atom. The summed E-state index contributed by atoms with van der Waals surface area (Å²) in [7, 11) is 0. The first-order chi connectivity index (χ1) is 6.73. The normalized spacial score (nSPS) is 37.0. The summed E-state index contributed by atoms with van der Waals surface area (Å²) in [6, 6.07) is 0. The summed E-state index contributed by atoms with van der Waals surface area (Å²) in [4.78, 5) is 0. The highest BCUT2D eigenvalue weighted by atomic mass is 14.4. The van der Waals surface area contributed by atoms with Gasteiger partial charge < -0.3 is 0 Å². The molecule has 0 saturated carbocycles. The van der Waals surface area contributed by atoms with Crippen molar-refractivity contribution in [1.29, 1.82) is 0 Å². The molecule has 0 aromatic heterocycles. The van der Waals surface area contributed by atoms with E-state index in [0.717, 1.165) is 0 Å². The van der Waals surface area contributed by atoms with Gasteiger partial charge in [-0.05, 0) is 31.6 Å². The molecular formula is C14H20. The molecule has 0 N–H and O–H groups in total. The summed E-state index contributed by atoms with van der Waals surface area (Å²) >= 11 is 0. The second-order valence-corrected chi connectivity index (χ2v) is 4.79. The molecule has 0 heteroatoms. The van der Waals surface area contributed by atoms with E-state index in [1.165, 1.54) is 25.7 Å². The Kier molecular flexibility index (Phi) is 2.62.